The molecule has 0 unspecified atom stereocenters. The lowest BCUT2D eigenvalue weighted by Crippen LogP contribution is -2.42. The molecule has 1 saturated carbocycles. The van der Waals surface area contributed by atoms with Crippen LogP contribution in [0.1, 0.15) is 38.5 Å². The van der Waals surface area contributed by atoms with Crippen LogP contribution >= 0.6 is 0 Å². The van der Waals surface area contributed by atoms with Gasteiger partial charge in [0.05, 0.1) is 10.6 Å². The van der Waals surface area contributed by atoms with Crippen LogP contribution in [0.25, 0.3) is 0 Å². The molecule has 3 rings (SSSR count). The third kappa shape index (κ3) is 2.66. The number of benzene rings is 1. The summed E-state index contributed by atoms with van der Waals surface area (Å²) < 4.78 is 40.1. The molecule has 0 aromatic heterocycles. The number of hydrogen-bond donors (Lipinski definition) is 1. The van der Waals surface area contributed by atoms with E-state index in [9.17, 15) is 12.8 Å². The van der Waals surface area contributed by atoms with Gasteiger partial charge in [-0.15, -0.1) is 0 Å². The predicted molar refractivity (Wildman–Crippen MR) is 79.7 cm³/mol. The Bertz CT molecular complexity index is 629. The molecule has 0 radical (unpaired) electrons. The van der Waals surface area contributed by atoms with Crippen LogP contribution in [0.5, 0.6) is 0 Å². The van der Waals surface area contributed by atoms with E-state index < -0.39 is 15.8 Å². The molecule has 4 nitrogen and oxygen atoms in total. The van der Waals surface area contributed by atoms with Crippen LogP contribution in [0, 0.1) is 11.2 Å². The molecule has 1 aliphatic heterocycles. The molecule has 0 atom stereocenters. The van der Waals surface area contributed by atoms with E-state index in [0.29, 0.717) is 18.5 Å². The normalized spacial score (nSPS) is 22.7. The van der Waals surface area contributed by atoms with Gasteiger partial charge in [-0.3, -0.25) is 0 Å². The fourth-order valence-electron chi connectivity index (χ4n) is 3.64. The molecule has 0 bridgehead atoms. The second-order valence-corrected chi connectivity index (χ2v) is 8.23. The maximum absolute atomic E-state index is 13.5. The third-order valence-corrected chi connectivity index (χ3v) is 6.95. The summed E-state index contributed by atoms with van der Waals surface area (Å²) >= 11 is 0. The number of piperidine rings is 1. The van der Waals surface area contributed by atoms with Crippen molar-refractivity contribution in [2.24, 2.45) is 5.41 Å². The monoisotopic (exact) mass is 312 g/mol. The van der Waals surface area contributed by atoms with Crippen molar-refractivity contribution >= 4 is 15.7 Å². The van der Waals surface area contributed by atoms with E-state index in [-0.39, 0.29) is 10.6 Å². The minimum Gasteiger partial charge on any atom is -0.396 e. The van der Waals surface area contributed by atoms with Crippen molar-refractivity contribution in [1.82, 2.24) is 4.31 Å². The first-order valence-electron chi connectivity index (χ1n) is 7.48. The molecular weight excluding hydrogens is 291 g/mol. The number of sulfonamides is 1. The maximum Gasteiger partial charge on any atom is 0.243 e. The first-order chi connectivity index (χ1) is 9.93. The highest BCUT2D eigenvalue weighted by Crippen LogP contribution is 2.46. The molecule has 0 amide bonds. The Kier molecular flexibility index (Phi) is 3.69. The van der Waals surface area contributed by atoms with Gasteiger partial charge in [-0.05, 0) is 49.3 Å². The predicted octanol–water partition coefficient (Wildman–Crippen LogP) is 2.75. The van der Waals surface area contributed by atoms with Crippen LogP contribution in [-0.2, 0) is 10.0 Å². The Hall–Kier alpha value is -1.14. The molecule has 116 valence electrons. The van der Waals surface area contributed by atoms with Gasteiger partial charge in [-0.1, -0.05) is 12.8 Å². The van der Waals surface area contributed by atoms with Gasteiger partial charge < -0.3 is 5.73 Å². The zero-order chi connectivity index (χ0) is 15.1. The number of nitrogen functional groups attached to an aromatic ring is 1. The summed E-state index contributed by atoms with van der Waals surface area (Å²) in [6.45, 7) is 1.07. The minimum absolute atomic E-state index is 0.00317. The van der Waals surface area contributed by atoms with Gasteiger partial charge in [-0.2, -0.15) is 4.31 Å². The van der Waals surface area contributed by atoms with Crippen molar-refractivity contribution in [2.45, 2.75) is 43.4 Å². The summed E-state index contributed by atoms with van der Waals surface area (Å²) in [6, 6.07) is 3.71. The average Bonchev–Trinajstić information content (AvgIpc) is 2.90. The summed E-state index contributed by atoms with van der Waals surface area (Å²) in [5, 5.41) is 0. The second-order valence-electron chi connectivity index (χ2n) is 6.29. The van der Waals surface area contributed by atoms with Crippen molar-refractivity contribution in [3.8, 4) is 0 Å². The van der Waals surface area contributed by atoms with Crippen molar-refractivity contribution in [3.63, 3.8) is 0 Å². The van der Waals surface area contributed by atoms with Gasteiger partial charge in [0.15, 0.2) is 0 Å². The highest BCUT2D eigenvalue weighted by atomic mass is 32.2. The molecule has 2 fully saturated rings. The molecule has 1 saturated heterocycles. The lowest BCUT2D eigenvalue weighted by molar-refractivity contribution is 0.160. The number of nitrogens with zero attached hydrogens (tertiary/aromatic N) is 1. The molecule has 2 aliphatic rings. The van der Waals surface area contributed by atoms with Crippen LogP contribution in [0.2, 0.25) is 0 Å². The van der Waals surface area contributed by atoms with E-state index in [4.69, 9.17) is 5.73 Å². The lowest BCUT2D eigenvalue weighted by Gasteiger charge is -2.38. The van der Waals surface area contributed by atoms with Crippen LogP contribution < -0.4 is 5.73 Å². The number of anilines is 1. The van der Waals surface area contributed by atoms with E-state index in [1.165, 1.54) is 42.1 Å². The lowest BCUT2D eigenvalue weighted by atomic mass is 9.78. The molecule has 1 aromatic rings. The molecule has 1 spiro atoms. The Morgan fingerprint density at radius 2 is 1.71 bits per heavy atom. The van der Waals surface area contributed by atoms with Gasteiger partial charge in [0.2, 0.25) is 10.0 Å². The molecule has 21 heavy (non-hydrogen) atoms. The quantitative estimate of drug-likeness (QED) is 0.854. The van der Waals surface area contributed by atoms with E-state index >= 15 is 0 Å². The summed E-state index contributed by atoms with van der Waals surface area (Å²) in [6.07, 6.45) is 6.80. The number of rotatable bonds is 2. The Morgan fingerprint density at radius 3 is 2.29 bits per heavy atom. The Labute approximate surface area is 125 Å². The minimum atomic E-state index is -3.61. The average molecular weight is 312 g/mol. The third-order valence-electron chi connectivity index (χ3n) is 5.06. The topological polar surface area (TPSA) is 63.4 Å². The van der Waals surface area contributed by atoms with Crippen molar-refractivity contribution in [2.75, 3.05) is 18.8 Å². The SMILES string of the molecule is Nc1ccc(S(=O)(=O)N2CCC3(CCCC3)CC2)cc1F. The Balaban J connectivity index is 1.78. The molecule has 2 N–H and O–H groups in total. The van der Waals surface area contributed by atoms with Gasteiger partial charge in [-0.25, -0.2) is 12.8 Å². The van der Waals surface area contributed by atoms with Crippen LogP contribution in [0.3, 0.4) is 0 Å². The van der Waals surface area contributed by atoms with Gasteiger partial charge in [0.1, 0.15) is 5.82 Å². The highest BCUT2D eigenvalue weighted by molar-refractivity contribution is 7.89. The highest BCUT2D eigenvalue weighted by Gasteiger charge is 2.40. The van der Waals surface area contributed by atoms with Crippen molar-refractivity contribution in [1.29, 1.82) is 0 Å². The van der Waals surface area contributed by atoms with Crippen LogP contribution in [0.4, 0.5) is 10.1 Å². The number of halogens is 1. The van der Waals surface area contributed by atoms with Crippen LogP contribution in [-0.4, -0.2) is 25.8 Å². The zero-order valence-corrected chi connectivity index (χ0v) is 12.8. The maximum atomic E-state index is 13.5. The Morgan fingerprint density at radius 1 is 1.10 bits per heavy atom. The fraction of sp³-hybridized carbons (Fsp3) is 0.600. The first kappa shape index (κ1) is 14.8. The standard InChI is InChI=1S/C15H21FN2O2S/c16-13-11-12(3-4-14(13)17)21(19,20)18-9-7-15(8-10-18)5-1-2-6-15/h3-4,11H,1-2,5-10,17H2. The fourth-order valence-corrected chi connectivity index (χ4v) is 5.10. The first-order valence-corrected chi connectivity index (χ1v) is 8.92. The van der Waals surface area contributed by atoms with E-state index in [0.717, 1.165) is 18.9 Å². The second kappa shape index (κ2) is 5.25. The molecule has 1 aromatic carbocycles. The van der Waals surface area contributed by atoms with E-state index in [1.54, 1.807) is 0 Å². The summed E-state index contributed by atoms with van der Waals surface area (Å²) in [5.74, 6) is -0.680. The molecular formula is C15H21FN2O2S. The summed E-state index contributed by atoms with van der Waals surface area (Å²) in [4.78, 5) is -0.00317. The van der Waals surface area contributed by atoms with Gasteiger partial charge in [0.25, 0.3) is 0 Å². The number of nitrogens with two attached hydrogens (primary N) is 1. The van der Waals surface area contributed by atoms with E-state index in [1.807, 2.05) is 0 Å². The van der Waals surface area contributed by atoms with Gasteiger partial charge >= 0.3 is 0 Å². The largest absolute Gasteiger partial charge is 0.396 e. The molecule has 1 heterocycles. The van der Waals surface area contributed by atoms with E-state index in [2.05, 4.69) is 0 Å². The van der Waals surface area contributed by atoms with Crippen molar-refractivity contribution < 1.29 is 12.8 Å². The van der Waals surface area contributed by atoms with Gasteiger partial charge in [0, 0.05) is 13.1 Å². The summed E-state index contributed by atoms with van der Waals surface area (Å²) in [5.41, 5.74) is 5.73. The van der Waals surface area contributed by atoms with Crippen LogP contribution in [0.15, 0.2) is 23.1 Å². The summed E-state index contributed by atoms with van der Waals surface area (Å²) in [7, 11) is -3.61. The number of hydrogen-bond acceptors (Lipinski definition) is 3. The molecule has 1 aliphatic carbocycles. The zero-order valence-electron chi connectivity index (χ0n) is 12.0. The van der Waals surface area contributed by atoms with Crippen molar-refractivity contribution in [3.05, 3.63) is 24.0 Å². The smallest absolute Gasteiger partial charge is 0.243 e. The molecule has 6 heteroatoms.